The van der Waals surface area contributed by atoms with Gasteiger partial charge in [0.1, 0.15) is 5.75 Å². The van der Waals surface area contributed by atoms with E-state index in [0.717, 1.165) is 16.9 Å². The number of nitrogens with one attached hydrogen (secondary N) is 1. The Kier molecular flexibility index (Phi) is 8.19. The zero-order valence-corrected chi connectivity index (χ0v) is 17.8. The van der Waals surface area contributed by atoms with Crippen molar-refractivity contribution < 1.29 is 24.1 Å². The van der Waals surface area contributed by atoms with E-state index in [9.17, 15) is 9.90 Å². The summed E-state index contributed by atoms with van der Waals surface area (Å²) >= 11 is 0. The average molecular weight is 402 g/mol. The third-order valence-electron chi connectivity index (χ3n) is 4.07. The van der Waals surface area contributed by atoms with E-state index in [1.165, 1.54) is 0 Å². The molecule has 2 aromatic carbocycles. The molecule has 0 aromatic heterocycles. The van der Waals surface area contributed by atoms with Gasteiger partial charge in [-0.1, -0.05) is 12.1 Å². The van der Waals surface area contributed by atoms with Crippen molar-refractivity contribution in [2.75, 3.05) is 13.7 Å². The number of methoxy groups -OCH3 is 1. The van der Waals surface area contributed by atoms with E-state index in [4.69, 9.17) is 14.2 Å². The van der Waals surface area contributed by atoms with Crippen LogP contribution in [-0.4, -0.2) is 36.9 Å². The number of hydrogen-bond acceptors (Lipinski definition) is 5. The minimum Gasteiger partial charge on any atom is -0.504 e. The zero-order valence-electron chi connectivity index (χ0n) is 17.8. The molecule has 0 saturated carbocycles. The molecule has 0 fully saturated rings. The van der Waals surface area contributed by atoms with Gasteiger partial charge in [-0.15, -0.1) is 0 Å². The van der Waals surface area contributed by atoms with E-state index < -0.39 is 0 Å². The molecule has 0 aliphatic rings. The summed E-state index contributed by atoms with van der Waals surface area (Å²) in [7, 11) is 1.61. The Hall–Kier alpha value is -2.89. The average Bonchev–Trinajstić information content (AvgIpc) is 2.64. The lowest BCUT2D eigenvalue weighted by atomic mass is 10.1. The number of aromatic hydroxyl groups is 1. The Bertz CT molecular complexity index is 800. The first-order valence-corrected chi connectivity index (χ1v) is 9.87. The SMILES string of the molecule is COc1ccc(CC(=O)NCCc2cc(O)c(OC(C)C)c(OC(C)C)c2)cc1. The number of rotatable bonds is 10. The lowest BCUT2D eigenvalue weighted by Crippen LogP contribution is -2.27. The van der Waals surface area contributed by atoms with Crippen molar-refractivity contribution in [1.82, 2.24) is 5.32 Å². The predicted molar refractivity (Wildman–Crippen MR) is 113 cm³/mol. The van der Waals surface area contributed by atoms with Crippen molar-refractivity contribution in [3.63, 3.8) is 0 Å². The van der Waals surface area contributed by atoms with Crippen LogP contribution >= 0.6 is 0 Å². The number of phenolic OH excluding ortho intramolecular Hbond substituents is 1. The van der Waals surface area contributed by atoms with Crippen molar-refractivity contribution in [1.29, 1.82) is 0 Å². The largest absolute Gasteiger partial charge is 0.504 e. The van der Waals surface area contributed by atoms with Crippen LogP contribution in [0.5, 0.6) is 23.0 Å². The number of phenols is 1. The monoisotopic (exact) mass is 401 g/mol. The van der Waals surface area contributed by atoms with Crippen LogP contribution < -0.4 is 19.5 Å². The van der Waals surface area contributed by atoms with Crippen LogP contribution in [0, 0.1) is 0 Å². The maximum atomic E-state index is 12.2. The van der Waals surface area contributed by atoms with Gasteiger partial charge in [-0.2, -0.15) is 0 Å². The van der Waals surface area contributed by atoms with E-state index >= 15 is 0 Å². The highest BCUT2D eigenvalue weighted by molar-refractivity contribution is 5.78. The van der Waals surface area contributed by atoms with Crippen molar-refractivity contribution in [3.05, 3.63) is 47.5 Å². The Morgan fingerprint density at radius 1 is 1.00 bits per heavy atom. The van der Waals surface area contributed by atoms with Gasteiger partial charge in [0.05, 0.1) is 25.7 Å². The van der Waals surface area contributed by atoms with Gasteiger partial charge in [-0.05, 0) is 69.5 Å². The molecule has 2 aromatic rings. The highest BCUT2D eigenvalue weighted by Crippen LogP contribution is 2.39. The summed E-state index contributed by atoms with van der Waals surface area (Å²) in [6.45, 7) is 8.08. The second-order valence-corrected chi connectivity index (χ2v) is 7.40. The maximum absolute atomic E-state index is 12.2. The molecule has 0 radical (unpaired) electrons. The lowest BCUT2D eigenvalue weighted by Gasteiger charge is -2.19. The summed E-state index contributed by atoms with van der Waals surface area (Å²) < 4.78 is 16.6. The minimum absolute atomic E-state index is 0.0383. The summed E-state index contributed by atoms with van der Waals surface area (Å²) in [6, 6.07) is 10.9. The van der Waals surface area contributed by atoms with Gasteiger partial charge < -0.3 is 24.6 Å². The van der Waals surface area contributed by atoms with E-state index in [0.29, 0.717) is 30.9 Å². The number of hydrogen-bond donors (Lipinski definition) is 2. The number of carbonyl (C=O) groups is 1. The molecule has 6 nitrogen and oxygen atoms in total. The molecule has 29 heavy (non-hydrogen) atoms. The van der Waals surface area contributed by atoms with Crippen LogP contribution in [-0.2, 0) is 17.6 Å². The van der Waals surface area contributed by atoms with Crippen LogP contribution in [0.25, 0.3) is 0 Å². The number of ether oxygens (including phenoxy) is 3. The number of amides is 1. The molecule has 6 heteroatoms. The summed E-state index contributed by atoms with van der Waals surface area (Å²) in [5.41, 5.74) is 1.78. The quantitative estimate of drug-likeness (QED) is 0.632. The Balaban J connectivity index is 1.96. The standard InChI is InChI=1S/C23H31NO5/c1-15(2)28-21-13-18(12-20(25)23(21)29-16(3)4)10-11-24-22(26)14-17-6-8-19(27-5)9-7-17/h6-9,12-13,15-16,25H,10-11,14H2,1-5H3,(H,24,26). The van der Waals surface area contributed by atoms with Crippen LogP contribution in [0.1, 0.15) is 38.8 Å². The smallest absolute Gasteiger partial charge is 0.224 e. The summed E-state index contributed by atoms with van der Waals surface area (Å²) in [4.78, 5) is 12.2. The molecule has 0 aliphatic heterocycles. The summed E-state index contributed by atoms with van der Waals surface area (Å²) in [5.74, 6) is 1.60. The van der Waals surface area contributed by atoms with Crippen molar-refractivity contribution >= 4 is 5.91 Å². The topological polar surface area (TPSA) is 77.0 Å². The first-order chi connectivity index (χ1) is 13.8. The molecular weight excluding hydrogens is 370 g/mol. The van der Waals surface area contributed by atoms with Gasteiger partial charge in [-0.25, -0.2) is 0 Å². The highest BCUT2D eigenvalue weighted by Gasteiger charge is 2.16. The van der Waals surface area contributed by atoms with Crippen molar-refractivity contribution in [2.24, 2.45) is 0 Å². The van der Waals surface area contributed by atoms with Gasteiger partial charge in [0.15, 0.2) is 11.5 Å². The van der Waals surface area contributed by atoms with Crippen LogP contribution in [0.2, 0.25) is 0 Å². The third kappa shape index (κ3) is 7.22. The van der Waals surface area contributed by atoms with Gasteiger partial charge in [0.2, 0.25) is 11.7 Å². The molecule has 0 bridgehead atoms. The molecule has 0 saturated heterocycles. The van der Waals surface area contributed by atoms with Gasteiger partial charge in [0.25, 0.3) is 0 Å². The fourth-order valence-corrected chi connectivity index (χ4v) is 2.82. The van der Waals surface area contributed by atoms with E-state index in [-0.39, 0.29) is 23.9 Å². The van der Waals surface area contributed by atoms with Gasteiger partial charge in [-0.3, -0.25) is 4.79 Å². The van der Waals surface area contributed by atoms with E-state index in [1.54, 1.807) is 13.2 Å². The van der Waals surface area contributed by atoms with Crippen molar-refractivity contribution in [3.8, 4) is 23.0 Å². The molecule has 2 rings (SSSR count). The van der Waals surface area contributed by atoms with Crippen LogP contribution in [0.3, 0.4) is 0 Å². The normalized spacial score (nSPS) is 10.9. The molecule has 0 aliphatic carbocycles. The molecule has 2 N–H and O–H groups in total. The Labute approximate surface area is 172 Å². The molecule has 0 spiro atoms. The van der Waals surface area contributed by atoms with Gasteiger partial charge >= 0.3 is 0 Å². The molecular formula is C23H31NO5. The number of benzene rings is 2. The zero-order chi connectivity index (χ0) is 21.4. The maximum Gasteiger partial charge on any atom is 0.224 e. The Morgan fingerprint density at radius 2 is 1.66 bits per heavy atom. The van der Waals surface area contributed by atoms with E-state index in [2.05, 4.69) is 5.32 Å². The highest BCUT2D eigenvalue weighted by atomic mass is 16.5. The lowest BCUT2D eigenvalue weighted by molar-refractivity contribution is -0.120. The Morgan fingerprint density at radius 3 is 2.24 bits per heavy atom. The first-order valence-electron chi connectivity index (χ1n) is 9.87. The fourth-order valence-electron chi connectivity index (χ4n) is 2.82. The first kappa shape index (κ1) is 22.4. The van der Waals surface area contributed by atoms with E-state index in [1.807, 2.05) is 58.0 Å². The molecule has 1 amide bonds. The third-order valence-corrected chi connectivity index (χ3v) is 4.07. The molecule has 0 unspecified atom stereocenters. The van der Waals surface area contributed by atoms with Crippen molar-refractivity contribution in [2.45, 2.75) is 52.7 Å². The molecule has 0 atom stereocenters. The van der Waals surface area contributed by atoms with Gasteiger partial charge in [0, 0.05) is 6.54 Å². The molecule has 158 valence electrons. The fraction of sp³-hybridized carbons (Fsp3) is 0.435. The summed E-state index contributed by atoms with van der Waals surface area (Å²) in [6.07, 6.45) is 0.734. The minimum atomic E-state index is -0.0847. The number of carbonyl (C=O) groups excluding carboxylic acids is 1. The predicted octanol–water partition coefficient (Wildman–Crippen LogP) is 3.88. The van der Waals surface area contributed by atoms with Crippen LogP contribution in [0.15, 0.2) is 36.4 Å². The van der Waals surface area contributed by atoms with Crippen LogP contribution in [0.4, 0.5) is 0 Å². The second kappa shape index (κ2) is 10.6. The summed E-state index contributed by atoms with van der Waals surface area (Å²) in [5, 5.41) is 13.3. The molecule has 0 heterocycles. The second-order valence-electron chi connectivity index (χ2n) is 7.40.